The molecule has 0 rings (SSSR count). The largest absolute Gasteiger partial charge is 0.416 e. The Morgan fingerprint density at radius 2 is 2.00 bits per heavy atom. The van der Waals surface area contributed by atoms with Gasteiger partial charge >= 0.3 is 6.18 Å². The molecule has 0 amide bonds. The summed E-state index contributed by atoms with van der Waals surface area (Å²) in [4.78, 5) is 10.6. The number of alkyl halides is 3. The molecule has 0 radical (unpaired) electrons. The van der Waals surface area contributed by atoms with Crippen molar-refractivity contribution in [3.05, 3.63) is 0 Å². The highest BCUT2D eigenvalue weighted by Crippen LogP contribution is 2.22. The van der Waals surface area contributed by atoms with E-state index in [1.165, 1.54) is 6.92 Å². The lowest BCUT2D eigenvalue weighted by Gasteiger charge is -2.19. The zero-order chi connectivity index (χ0) is 9.94. The first-order valence-electron chi connectivity index (χ1n) is 3.33. The number of ketones is 1. The minimum Gasteiger partial charge on any atom is -0.382 e. The highest BCUT2D eigenvalue weighted by molar-refractivity contribution is 5.84. The van der Waals surface area contributed by atoms with Crippen molar-refractivity contribution in [2.75, 3.05) is 0 Å². The van der Waals surface area contributed by atoms with E-state index in [4.69, 9.17) is 10.8 Å². The first kappa shape index (κ1) is 11.4. The summed E-state index contributed by atoms with van der Waals surface area (Å²) in [6.45, 7) is 1.38. The first-order valence-corrected chi connectivity index (χ1v) is 3.33. The molecule has 0 saturated carbocycles. The van der Waals surface area contributed by atoms with Crippen LogP contribution < -0.4 is 5.73 Å². The molecule has 0 fully saturated rings. The van der Waals surface area contributed by atoms with Crippen LogP contribution in [-0.4, -0.2) is 29.2 Å². The number of hydrogen-bond acceptors (Lipinski definition) is 3. The summed E-state index contributed by atoms with van der Waals surface area (Å²) in [5.74, 6) is -0.806. The zero-order valence-electron chi connectivity index (χ0n) is 6.43. The monoisotopic (exact) mass is 185 g/mol. The lowest BCUT2D eigenvalue weighted by Crippen LogP contribution is -2.49. The van der Waals surface area contributed by atoms with Gasteiger partial charge in [0.25, 0.3) is 0 Å². The smallest absolute Gasteiger partial charge is 0.382 e. The summed E-state index contributed by atoms with van der Waals surface area (Å²) in [6.07, 6.45) is -7.71. The highest BCUT2D eigenvalue weighted by atomic mass is 19.4. The Balaban J connectivity index is 4.29. The minimum absolute atomic E-state index is 0.117. The third-order valence-corrected chi connectivity index (χ3v) is 1.40. The second-order valence-corrected chi connectivity index (χ2v) is 2.33. The van der Waals surface area contributed by atoms with E-state index >= 15 is 0 Å². The van der Waals surface area contributed by atoms with Gasteiger partial charge in [-0.3, -0.25) is 4.79 Å². The molecule has 0 aromatic carbocycles. The van der Waals surface area contributed by atoms with Crippen LogP contribution in [-0.2, 0) is 4.79 Å². The van der Waals surface area contributed by atoms with Crippen molar-refractivity contribution in [3.8, 4) is 0 Å². The Hall–Kier alpha value is -0.620. The van der Waals surface area contributed by atoms with E-state index in [2.05, 4.69) is 0 Å². The molecule has 0 bridgehead atoms. The van der Waals surface area contributed by atoms with Gasteiger partial charge in [-0.2, -0.15) is 13.2 Å². The SMILES string of the molecule is CCC(=O)[C@@H](N)[C@H](O)C(F)(F)F. The summed E-state index contributed by atoms with van der Waals surface area (Å²) >= 11 is 0. The minimum atomic E-state index is -4.83. The average molecular weight is 185 g/mol. The maximum atomic E-state index is 11.7. The Labute approximate surface area is 67.4 Å². The third-order valence-electron chi connectivity index (χ3n) is 1.40. The molecule has 0 heterocycles. The molecule has 0 saturated heterocycles. The van der Waals surface area contributed by atoms with E-state index in [1.54, 1.807) is 0 Å². The van der Waals surface area contributed by atoms with Crippen molar-refractivity contribution in [2.45, 2.75) is 31.7 Å². The summed E-state index contributed by atoms with van der Waals surface area (Å²) in [5, 5.41) is 8.48. The van der Waals surface area contributed by atoms with Crippen LogP contribution >= 0.6 is 0 Å². The Bertz CT molecular complexity index is 169. The lowest BCUT2D eigenvalue weighted by atomic mass is 10.1. The molecule has 0 aliphatic heterocycles. The van der Waals surface area contributed by atoms with Gasteiger partial charge < -0.3 is 10.8 Å². The van der Waals surface area contributed by atoms with Crippen molar-refractivity contribution in [1.82, 2.24) is 0 Å². The molecular weight excluding hydrogens is 175 g/mol. The number of aliphatic hydroxyl groups excluding tert-OH is 1. The van der Waals surface area contributed by atoms with Crippen LogP contribution in [0.3, 0.4) is 0 Å². The average Bonchev–Trinajstić information content (AvgIpc) is 1.98. The molecule has 12 heavy (non-hydrogen) atoms. The molecule has 0 spiro atoms. The van der Waals surface area contributed by atoms with Gasteiger partial charge in [-0.25, -0.2) is 0 Å². The van der Waals surface area contributed by atoms with E-state index in [0.717, 1.165) is 0 Å². The maximum Gasteiger partial charge on any atom is 0.416 e. The van der Waals surface area contributed by atoms with Crippen LogP contribution in [0.1, 0.15) is 13.3 Å². The van der Waals surface area contributed by atoms with Gasteiger partial charge in [0.15, 0.2) is 11.9 Å². The van der Waals surface area contributed by atoms with E-state index in [9.17, 15) is 18.0 Å². The van der Waals surface area contributed by atoms with Crippen molar-refractivity contribution < 1.29 is 23.1 Å². The molecule has 0 unspecified atom stereocenters. The summed E-state index contributed by atoms with van der Waals surface area (Å²) in [6, 6.07) is -1.87. The predicted molar refractivity (Wildman–Crippen MR) is 35.3 cm³/mol. The van der Waals surface area contributed by atoms with Crippen LogP contribution in [0, 0.1) is 0 Å². The highest BCUT2D eigenvalue weighted by Gasteiger charge is 2.44. The Kier molecular flexibility index (Phi) is 3.66. The zero-order valence-corrected chi connectivity index (χ0v) is 6.43. The van der Waals surface area contributed by atoms with E-state index in [1.807, 2.05) is 0 Å². The molecule has 3 N–H and O–H groups in total. The number of nitrogens with two attached hydrogens (primary N) is 1. The van der Waals surface area contributed by atoms with Crippen LogP contribution in [0.15, 0.2) is 0 Å². The van der Waals surface area contributed by atoms with Gasteiger partial charge in [-0.15, -0.1) is 0 Å². The van der Waals surface area contributed by atoms with Gasteiger partial charge in [0, 0.05) is 6.42 Å². The maximum absolute atomic E-state index is 11.7. The third kappa shape index (κ3) is 2.78. The molecular formula is C6H10F3NO2. The quantitative estimate of drug-likeness (QED) is 0.660. The number of carbonyl (C=O) groups excluding carboxylic acids is 1. The summed E-state index contributed by atoms with van der Waals surface area (Å²) in [7, 11) is 0. The molecule has 3 nitrogen and oxygen atoms in total. The van der Waals surface area contributed by atoms with Gasteiger partial charge in [-0.05, 0) is 0 Å². The number of rotatable bonds is 3. The first-order chi connectivity index (χ1) is 5.30. The van der Waals surface area contributed by atoms with Crippen molar-refractivity contribution in [1.29, 1.82) is 0 Å². The number of carbonyl (C=O) groups is 1. The van der Waals surface area contributed by atoms with Crippen molar-refractivity contribution in [2.24, 2.45) is 5.73 Å². The second kappa shape index (κ2) is 3.86. The van der Waals surface area contributed by atoms with Crippen molar-refractivity contribution in [3.63, 3.8) is 0 Å². The molecule has 6 heteroatoms. The Morgan fingerprint density at radius 3 is 2.25 bits per heavy atom. The number of Topliss-reactive ketones (excluding diaryl/α,β-unsaturated/α-hetero) is 1. The molecule has 2 atom stereocenters. The second-order valence-electron chi connectivity index (χ2n) is 2.33. The lowest BCUT2D eigenvalue weighted by molar-refractivity contribution is -0.209. The van der Waals surface area contributed by atoms with Crippen LogP contribution in [0.4, 0.5) is 13.2 Å². The van der Waals surface area contributed by atoms with Crippen LogP contribution in [0.5, 0.6) is 0 Å². The normalized spacial score (nSPS) is 17.2. The van der Waals surface area contributed by atoms with Gasteiger partial charge in [-0.1, -0.05) is 6.92 Å². The number of hydrogen-bond donors (Lipinski definition) is 2. The van der Waals surface area contributed by atoms with Crippen LogP contribution in [0.2, 0.25) is 0 Å². The fraction of sp³-hybridized carbons (Fsp3) is 0.833. The van der Waals surface area contributed by atoms with Crippen LogP contribution in [0.25, 0.3) is 0 Å². The molecule has 0 aliphatic carbocycles. The standard InChI is InChI=1S/C6H10F3NO2/c1-2-3(11)4(10)5(12)6(7,8)9/h4-5,12H,2,10H2,1H3/t4-,5+/m1/s1. The van der Waals surface area contributed by atoms with E-state index in [0.29, 0.717) is 0 Å². The molecule has 0 aliphatic rings. The molecule has 0 aromatic rings. The number of aliphatic hydroxyl groups is 1. The van der Waals surface area contributed by atoms with Crippen molar-refractivity contribution >= 4 is 5.78 Å². The summed E-state index contributed by atoms with van der Waals surface area (Å²) in [5.41, 5.74) is 4.84. The fourth-order valence-electron chi connectivity index (χ4n) is 0.615. The van der Waals surface area contributed by atoms with Gasteiger partial charge in [0.2, 0.25) is 0 Å². The Morgan fingerprint density at radius 1 is 1.58 bits per heavy atom. The number of halogens is 3. The van der Waals surface area contributed by atoms with E-state index < -0.39 is 24.1 Å². The predicted octanol–water partition coefficient (Wildman–Crippen LogP) is 0.216. The fourth-order valence-corrected chi connectivity index (χ4v) is 0.615. The molecule has 0 aromatic heterocycles. The topological polar surface area (TPSA) is 63.3 Å². The van der Waals surface area contributed by atoms with Gasteiger partial charge in [0.05, 0.1) is 6.04 Å². The van der Waals surface area contributed by atoms with E-state index in [-0.39, 0.29) is 6.42 Å². The molecule has 72 valence electrons. The summed E-state index contributed by atoms with van der Waals surface area (Å²) < 4.78 is 35.1. The van der Waals surface area contributed by atoms with Gasteiger partial charge in [0.1, 0.15) is 0 Å².